The lowest BCUT2D eigenvalue weighted by atomic mass is 10.2. The van der Waals surface area contributed by atoms with Crippen molar-refractivity contribution in [3.05, 3.63) is 29.6 Å². The summed E-state index contributed by atoms with van der Waals surface area (Å²) in [5.41, 5.74) is 0.514. The van der Waals surface area contributed by atoms with Crippen molar-refractivity contribution < 1.29 is 9.18 Å². The third kappa shape index (κ3) is 2.21. The molecule has 0 unspecified atom stereocenters. The first-order valence-corrected chi connectivity index (χ1v) is 5.87. The van der Waals surface area contributed by atoms with Gasteiger partial charge in [-0.25, -0.2) is 4.39 Å². The first-order chi connectivity index (χ1) is 7.63. The molecule has 0 radical (unpaired) electrons. The lowest BCUT2D eigenvalue weighted by Gasteiger charge is -2.20. The Balaban J connectivity index is 2.22. The summed E-state index contributed by atoms with van der Waals surface area (Å²) in [7, 11) is 0. The predicted molar refractivity (Wildman–Crippen MR) is 63.4 cm³/mol. The summed E-state index contributed by atoms with van der Waals surface area (Å²) in [5.74, 6) is -0.422. The molecule has 4 heteroatoms. The summed E-state index contributed by atoms with van der Waals surface area (Å²) < 4.78 is 13.0. The summed E-state index contributed by atoms with van der Waals surface area (Å²) in [5, 5.41) is 0. The van der Waals surface area contributed by atoms with Crippen molar-refractivity contribution in [3.8, 4) is 0 Å². The fraction of sp³-hybridized carbons (Fsp3) is 0.417. The highest BCUT2D eigenvalue weighted by molar-refractivity contribution is 7.80. The number of rotatable bonds is 3. The number of benzene rings is 1. The number of amides is 1. The molecule has 86 valence electrons. The van der Waals surface area contributed by atoms with Crippen molar-refractivity contribution in [2.24, 2.45) is 0 Å². The van der Waals surface area contributed by atoms with Crippen molar-refractivity contribution in [3.63, 3.8) is 0 Å². The second-order valence-corrected chi connectivity index (χ2v) is 4.47. The summed E-state index contributed by atoms with van der Waals surface area (Å²) in [4.78, 5) is 14.1. The lowest BCUT2D eigenvalue weighted by molar-refractivity contribution is 0.0752. The smallest absolute Gasteiger partial charge is 0.254 e. The van der Waals surface area contributed by atoms with Gasteiger partial charge in [-0.05, 0) is 38.0 Å². The van der Waals surface area contributed by atoms with Gasteiger partial charge in [-0.15, -0.1) is 12.6 Å². The minimum atomic E-state index is -0.394. The Hall–Kier alpha value is -1.03. The van der Waals surface area contributed by atoms with E-state index in [-0.39, 0.29) is 10.8 Å². The molecule has 0 heterocycles. The maximum absolute atomic E-state index is 13.0. The van der Waals surface area contributed by atoms with Gasteiger partial charge in [-0.2, -0.15) is 0 Å². The average Bonchev–Trinajstić information content (AvgIpc) is 3.07. The Bertz CT molecular complexity index is 417. The average molecular weight is 239 g/mol. The number of nitrogens with zero attached hydrogens (tertiary/aromatic N) is 1. The topological polar surface area (TPSA) is 20.3 Å². The van der Waals surface area contributed by atoms with Crippen LogP contribution in [0.4, 0.5) is 4.39 Å². The number of thiol groups is 1. The van der Waals surface area contributed by atoms with Gasteiger partial charge in [0.1, 0.15) is 5.82 Å². The zero-order valence-electron chi connectivity index (χ0n) is 9.11. The van der Waals surface area contributed by atoms with E-state index >= 15 is 0 Å². The Kier molecular flexibility index (Phi) is 3.19. The van der Waals surface area contributed by atoms with Crippen LogP contribution >= 0.6 is 12.6 Å². The van der Waals surface area contributed by atoms with Gasteiger partial charge in [0.2, 0.25) is 0 Å². The summed E-state index contributed by atoms with van der Waals surface area (Å²) in [6.07, 6.45) is 2.16. The van der Waals surface area contributed by atoms with Crippen molar-refractivity contribution in [1.82, 2.24) is 4.90 Å². The van der Waals surface area contributed by atoms with Crippen molar-refractivity contribution in [2.75, 3.05) is 6.54 Å². The molecule has 1 amide bonds. The highest BCUT2D eigenvalue weighted by Gasteiger charge is 2.31. The van der Waals surface area contributed by atoms with Gasteiger partial charge in [-0.1, -0.05) is 0 Å². The zero-order valence-corrected chi connectivity index (χ0v) is 10.0. The maximum atomic E-state index is 13.0. The van der Waals surface area contributed by atoms with Crippen LogP contribution in [0.1, 0.15) is 30.1 Å². The molecule has 0 N–H and O–H groups in total. The predicted octanol–water partition coefficient (Wildman–Crippen LogP) is 2.74. The second-order valence-electron chi connectivity index (χ2n) is 3.99. The van der Waals surface area contributed by atoms with Crippen molar-refractivity contribution in [2.45, 2.75) is 30.7 Å². The highest BCUT2D eigenvalue weighted by Crippen LogP contribution is 2.28. The Morgan fingerprint density at radius 1 is 1.56 bits per heavy atom. The molecule has 2 rings (SSSR count). The molecule has 0 aromatic heterocycles. The fourth-order valence-electron chi connectivity index (χ4n) is 1.77. The summed E-state index contributed by atoms with van der Waals surface area (Å²) in [6, 6.07) is 4.68. The third-order valence-corrected chi connectivity index (χ3v) is 3.12. The van der Waals surface area contributed by atoms with Crippen molar-refractivity contribution in [1.29, 1.82) is 0 Å². The van der Waals surface area contributed by atoms with E-state index in [1.165, 1.54) is 18.2 Å². The number of hydrogen-bond donors (Lipinski definition) is 1. The molecule has 1 aromatic rings. The van der Waals surface area contributed by atoms with E-state index in [2.05, 4.69) is 12.6 Å². The minimum Gasteiger partial charge on any atom is -0.336 e. The summed E-state index contributed by atoms with van der Waals surface area (Å²) in [6.45, 7) is 2.66. The molecule has 2 nitrogen and oxygen atoms in total. The van der Waals surface area contributed by atoms with E-state index in [0.717, 1.165) is 12.8 Å². The largest absolute Gasteiger partial charge is 0.336 e. The molecule has 16 heavy (non-hydrogen) atoms. The molecule has 0 saturated heterocycles. The number of halogens is 1. The second kappa shape index (κ2) is 4.45. The molecule has 0 atom stereocenters. The van der Waals surface area contributed by atoms with Crippen LogP contribution in [-0.4, -0.2) is 23.4 Å². The number of carbonyl (C=O) groups is 1. The van der Waals surface area contributed by atoms with Gasteiger partial charge < -0.3 is 4.90 Å². The van der Waals surface area contributed by atoms with Crippen LogP contribution in [0.25, 0.3) is 0 Å². The van der Waals surface area contributed by atoms with Crippen molar-refractivity contribution >= 4 is 18.5 Å². The van der Waals surface area contributed by atoms with Crippen LogP contribution in [0.2, 0.25) is 0 Å². The molecule has 1 aromatic carbocycles. The van der Waals surface area contributed by atoms with Gasteiger partial charge in [0.25, 0.3) is 5.91 Å². The van der Waals surface area contributed by atoms with Crippen LogP contribution in [-0.2, 0) is 0 Å². The van der Waals surface area contributed by atoms with E-state index in [9.17, 15) is 9.18 Å². The monoisotopic (exact) mass is 239 g/mol. The first kappa shape index (κ1) is 11.5. The van der Waals surface area contributed by atoms with Crippen LogP contribution in [0, 0.1) is 5.82 Å². The molecule has 1 saturated carbocycles. The van der Waals surface area contributed by atoms with E-state index in [1.54, 1.807) is 0 Å². The van der Waals surface area contributed by atoms with Crippen LogP contribution in [0.3, 0.4) is 0 Å². The standard InChI is InChI=1S/C12H14FNOS/c1-2-14(9-4-5-9)12(15)8-3-6-10(13)11(16)7-8/h3,6-7,9,16H,2,4-5H2,1H3. The molecule has 0 aliphatic heterocycles. The Labute approximate surface area is 99.9 Å². The molecule has 0 spiro atoms. The highest BCUT2D eigenvalue weighted by atomic mass is 32.1. The first-order valence-electron chi connectivity index (χ1n) is 5.43. The minimum absolute atomic E-state index is 0.0275. The van der Waals surface area contributed by atoms with Gasteiger partial charge in [0.05, 0.1) is 0 Å². The van der Waals surface area contributed by atoms with E-state index in [0.29, 0.717) is 18.2 Å². The lowest BCUT2D eigenvalue weighted by Crippen LogP contribution is -2.32. The molecule has 1 fully saturated rings. The van der Waals surface area contributed by atoms with Crippen LogP contribution in [0.15, 0.2) is 23.1 Å². The molecular formula is C12H14FNOS. The van der Waals surface area contributed by atoms with E-state index in [4.69, 9.17) is 0 Å². The Morgan fingerprint density at radius 2 is 2.25 bits per heavy atom. The maximum Gasteiger partial charge on any atom is 0.254 e. The van der Waals surface area contributed by atoms with Gasteiger partial charge >= 0.3 is 0 Å². The SMILES string of the molecule is CCN(C(=O)c1ccc(F)c(S)c1)C1CC1. The zero-order chi connectivity index (χ0) is 11.7. The molecular weight excluding hydrogens is 225 g/mol. The van der Waals surface area contributed by atoms with Gasteiger partial charge in [-0.3, -0.25) is 4.79 Å². The quantitative estimate of drug-likeness (QED) is 0.804. The van der Waals surface area contributed by atoms with Gasteiger partial charge in [0, 0.05) is 23.0 Å². The van der Waals surface area contributed by atoms with Crippen LogP contribution in [0.5, 0.6) is 0 Å². The summed E-state index contributed by atoms with van der Waals surface area (Å²) >= 11 is 3.98. The number of carbonyl (C=O) groups excluding carboxylic acids is 1. The fourth-order valence-corrected chi connectivity index (χ4v) is 1.98. The normalized spacial score (nSPS) is 14.9. The Morgan fingerprint density at radius 3 is 2.75 bits per heavy atom. The van der Waals surface area contributed by atoms with Crippen LogP contribution < -0.4 is 0 Å². The molecule has 1 aliphatic carbocycles. The molecule has 0 bridgehead atoms. The van der Waals surface area contributed by atoms with E-state index in [1.807, 2.05) is 11.8 Å². The van der Waals surface area contributed by atoms with E-state index < -0.39 is 5.82 Å². The van der Waals surface area contributed by atoms with Gasteiger partial charge in [0.15, 0.2) is 0 Å². The number of hydrogen-bond acceptors (Lipinski definition) is 2. The third-order valence-electron chi connectivity index (χ3n) is 2.78. The molecule has 1 aliphatic rings.